The molecule has 272 valence electrons. The van der Waals surface area contributed by atoms with Crippen LogP contribution in [0.5, 0.6) is 0 Å². The average molecular weight is 725 g/mol. The van der Waals surface area contributed by atoms with E-state index in [0.29, 0.717) is 0 Å². The van der Waals surface area contributed by atoms with Crippen molar-refractivity contribution in [1.82, 2.24) is 0 Å². The predicted molar refractivity (Wildman–Crippen MR) is 202 cm³/mol. The van der Waals surface area contributed by atoms with E-state index in [0.717, 1.165) is 25.9 Å². The molecule has 0 bridgehead atoms. The van der Waals surface area contributed by atoms with Crippen LogP contribution in [0.15, 0.2) is 132 Å². The summed E-state index contributed by atoms with van der Waals surface area (Å²) in [4.78, 5) is 2.48. The van der Waals surface area contributed by atoms with Crippen LogP contribution in [0.4, 0.5) is 32.4 Å². The summed E-state index contributed by atoms with van der Waals surface area (Å²) in [6.07, 6.45) is 17.4. The second-order valence-electron chi connectivity index (χ2n) is 13.9. The Morgan fingerprint density at radius 1 is 0.725 bits per heavy atom. The van der Waals surface area contributed by atoms with Gasteiger partial charge in [-0.25, -0.2) is 0 Å². The zero-order valence-electron chi connectivity index (χ0n) is 30.1. The van der Waals surface area contributed by atoms with Gasteiger partial charge in [-0.2, -0.15) is 4.58 Å². The molecule has 0 unspecified atom stereocenters. The second kappa shape index (κ2) is 15.2. The van der Waals surface area contributed by atoms with Gasteiger partial charge >= 0.3 is 29.1 Å². The minimum atomic E-state index is -8.55. The Balaban J connectivity index is 0.000000768. The Bertz CT molecular complexity index is 1910. The zero-order valence-corrected chi connectivity index (χ0v) is 31.0. The smallest absolute Gasteiger partial charge is 1.00 e. The summed E-state index contributed by atoms with van der Waals surface area (Å²) in [5, 5.41) is 0. The Morgan fingerprint density at radius 3 is 1.96 bits per heavy atom. The molecule has 1 aliphatic carbocycles. The minimum Gasteiger partial charge on any atom is -1.00 e. The first-order valence-corrected chi connectivity index (χ1v) is 19.0. The van der Waals surface area contributed by atoms with Gasteiger partial charge in [-0.15, -0.1) is 0 Å². The monoisotopic (exact) mass is 724 g/mol. The van der Waals surface area contributed by atoms with Crippen molar-refractivity contribution in [3.8, 4) is 0 Å². The summed E-state index contributed by atoms with van der Waals surface area (Å²) in [6.45, 7) is 15.8. The van der Waals surface area contributed by atoms with Gasteiger partial charge in [-0.05, 0) is 86.9 Å². The van der Waals surface area contributed by atoms with E-state index >= 15 is 0 Å². The number of benzene rings is 3. The van der Waals surface area contributed by atoms with Gasteiger partial charge in [0.25, 0.3) is 0 Å². The van der Waals surface area contributed by atoms with Crippen molar-refractivity contribution in [1.29, 1.82) is 0 Å². The van der Waals surface area contributed by atoms with Crippen molar-refractivity contribution in [3.05, 3.63) is 149 Å². The number of hydrogen-bond acceptors (Lipinski definition) is 1. The second-order valence-corrected chi connectivity index (χ2v) is 15.2. The first kappa shape index (κ1) is 39.6. The SMILES string of the molecule is CCN1C(=CC=CC2=C(c3ccccc3)C(=CC=CC3=[N+](CC)c4ccccc4C3(C)C)CCC2)C(C)(C)c2ccccc21.FP(F)(F)(F)F.[F-]. The number of fused-ring (bicyclic) bond motifs is 2. The molecule has 0 radical (unpaired) electrons. The molecule has 2 nitrogen and oxygen atoms in total. The van der Waals surface area contributed by atoms with E-state index in [2.05, 4.69) is 166 Å². The van der Waals surface area contributed by atoms with Crippen molar-refractivity contribution < 1.29 is 30.3 Å². The molecule has 51 heavy (non-hydrogen) atoms. The van der Waals surface area contributed by atoms with Crippen molar-refractivity contribution in [2.45, 2.75) is 71.6 Å². The van der Waals surface area contributed by atoms with Gasteiger partial charge in [-0.1, -0.05) is 105 Å². The van der Waals surface area contributed by atoms with Gasteiger partial charge in [0, 0.05) is 41.1 Å². The van der Waals surface area contributed by atoms with Gasteiger partial charge < -0.3 is 9.60 Å². The molecule has 0 spiro atoms. The molecule has 0 saturated heterocycles. The van der Waals surface area contributed by atoms with E-state index in [4.69, 9.17) is 0 Å². The van der Waals surface area contributed by atoms with Crippen LogP contribution in [0.1, 0.15) is 77.5 Å². The molecule has 3 aromatic rings. The summed E-state index contributed by atoms with van der Waals surface area (Å²) >= 11 is 0. The molecule has 0 aromatic heterocycles. The number of halogens is 6. The molecule has 9 heteroatoms. The fraction of sp³-hybridized carbons (Fsp3) is 0.310. The Kier molecular flexibility index (Phi) is 11.8. The third-order valence-corrected chi connectivity index (χ3v) is 9.93. The van der Waals surface area contributed by atoms with Crippen LogP contribution in [0.25, 0.3) is 5.57 Å². The van der Waals surface area contributed by atoms with Crippen molar-refractivity contribution in [2.24, 2.45) is 0 Å². The number of para-hydroxylation sites is 2. The van der Waals surface area contributed by atoms with E-state index in [9.17, 15) is 21.0 Å². The van der Waals surface area contributed by atoms with Crippen LogP contribution >= 0.6 is 8.16 Å². The van der Waals surface area contributed by atoms with Crippen molar-refractivity contribution in [2.75, 3.05) is 18.0 Å². The standard InChI is InChI=1S/C42H47N2.F5P.FH/c1-7-43-36-27-14-12-25-34(36)41(3,4)38(43)29-17-23-32-21-16-22-33(40(32)31-19-10-9-11-20-31)24-18-30-39-42(5,6)35-26-13-15-28-37(35)44(39)8-2;1-6(2,3,4)5;/h9-15,17-20,23-30H,7-8,16,21-22H2,1-6H3;;1H/q+1;;/p-1. The van der Waals surface area contributed by atoms with E-state index < -0.39 is 8.16 Å². The molecular formula is C42H47F6N2P. The predicted octanol–water partition coefficient (Wildman–Crippen LogP) is 10.4. The van der Waals surface area contributed by atoms with E-state index in [-0.39, 0.29) is 15.5 Å². The quantitative estimate of drug-likeness (QED) is 0.134. The van der Waals surface area contributed by atoms with Gasteiger partial charge in [0.05, 0.1) is 5.41 Å². The molecule has 0 amide bonds. The summed E-state index contributed by atoms with van der Waals surface area (Å²) in [6, 6.07) is 28.7. The maximum absolute atomic E-state index is 9.84. The van der Waals surface area contributed by atoms with Crippen LogP contribution in [0.3, 0.4) is 0 Å². The van der Waals surface area contributed by atoms with Crippen molar-refractivity contribution in [3.63, 3.8) is 0 Å². The Hall–Kier alpha value is -4.16. The number of rotatable bonds is 7. The largest absolute Gasteiger partial charge is 1.00 e. The van der Waals surface area contributed by atoms with Crippen LogP contribution < -0.4 is 9.60 Å². The number of nitrogens with zero attached hydrogens (tertiary/aromatic N) is 2. The summed E-state index contributed by atoms with van der Waals surface area (Å²) in [5.41, 5.74) is 13.7. The first-order valence-electron chi connectivity index (χ1n) is 17.3. The zero-order chi connectivity index (χ0) is 36.3. The molecule has 6 rings (SSSR count). The molecular weight excluding hydrogens is 677 g/mol. The van der Waals surface area contributed by atoms with Gasteiger partial charge in [0.1, 0.15) is 6.54 Å². The van der Waals surface area contributed by atoms with Crippen LogP contribution in [0, 0.1) is 0 Å². The van der Waals surface area contributed by atoms with Crippen LogP contribution in [0.2, 0.25) is 0 Å². The van der Waals surface area contributed by atoms with E-state index in [1.165, 1.54) is 62.6 Å². The van der Waals surface area contributed by atoms with E-state index in [1.807, 2.05) is 0 Å². The molecule has 3 aliphatic rings. The molecule has 2 heterocycles. The summed E-state index contributed by atoms with van der Waals surface area (Å²) in [7, 11) is -8.55. The molecule has 0 fully saturated rings. The maximum Gasteiger partial charge on any atom is -1.00 e. The average Bonchev–Trinajstić information content (AvgIpc) is 3.42. The number of likely N-dealkylation sites (N-methyl/N-ethyl adjacent to an activating group) is 1. The molecule has 3 aromatic carbocycles. The van der Waals surface area contributed by atoms with Crippen LogP contribution in [-0.2, 0) is 10.8 Å². The van der Waals surface area contributed by atoms with Gasteiger partial charge in [0.2, 0.25) is 5.69 Å². The third kappa shape index (κ3) is 8.84. The minimum absolute atomic E-state index is 0. The molecule has 0 saturated carbocycles. The van der Waals surface area contributed by atoms with Gasteiger partial charge in [0.15, 0.2) is 5.71 Å². The Labute approximate surface area is 299 Å². The Morgan fingerprint density at radius 2 is 1.31 bits per heavy atom. The normalized spacial score (nSPS) is 20.3. The van der Waals surface area contributed by atoms with Crippen molar-refractivity contribution >= 4 is 30.8 Å². The molecule has 0 atom stereocenters. The first-order chi connectivity index (χ1) is 23.5. The fourth-order valence-corrected chi connectivity index (χ4v) is 7.71. The summed E-state index contributed by atoms with van der Waals surface area (Å²) < 4.78 is 51.7. The number of anilines is 1. The topological polar surface area (TPSA) is 6.25 Å². The number of hydrogen-bond donors (Lipinski definition) is 0. The number of allylic oxidation sites excluding steroid dienone is 10. The fourth-order valence-electron chi connectivity index (χ4n) is 7.71. The molecule has 2 aliphatic heterocycles. The molecule has 0 N–H and O–H groups in total. The van der Waals surface area contributed by atoms with Gasteiger partial charge in [-0.3, -0.25) is 0 Å². The summed E-state index contributed by atoms with van der Waals surface area (Å²) in [5.74, 6) is 0. The van der Waals surface area contributed by atoms with Crippen LogP contribution in [-0.4, -0.2) is 23.4 Å². The van der Waals surface area contributed by atoms with E-state index in [1.54, 1.807) is 0 Å². The maximum atomic E-state index is 9.84. The third-order valence-electron chi connectivity index (χ3n) is 9.93.